The van der Waals surface area contributed by atoms with Crippen LogP contribution in [0.3, 0.4) is 0 Å². The maximum atomic E-state index is 12.5. The van der Waals surface area contributed by atoms with Crippen molar-refractivity contribution in [2.75, 3.05) is 12.4 Å². The van der Waals surface area contributed by atoms with Crippen molar-refractivity contribution in [3.05, 3.63) is 64.1 Å². The largest absolute Gasteiger partial charge is 0.465 e. The molecule has 0 saturated carbocycles. The normalized spacial score (nSPS) is 11.9. The summed E-state index contributed by atoms with van der Waals surface area (Å²) in [6.07, 6.45) is -1.12. The van der Waals surface area contributed by atoms with Gasteiger partial charge in [0.1, 0.15) is 6.17 Å². The molecule has 0 aromatic heterocycles. The Hall–Kier alpha value is -1.58. The molecular weight excluding hydrogens is 525 g/mol. The van der Waals surface area contributed by atoms with Crippen molar-refractivity contribution in [3.63, 3.8) is 0 Å². The van der Waals surface area contributed by atoms with E-state index in [2.05, 4.69) is 36.6 Å². The van der Waals surface area contributed by atoms with Crippen molar-refractivity contribution in [1.29, 1.82) is 0 Å². The van der Waals surface area contributed by atoms with Crippen LogP contribution in [0.2, 0.25) is 0 Å². The van der Waals surface area contributed by atoms with Crippen LogP contribution in [-0.4, -0.2) is 34.1 Å². The number of hydrogen-bond acceptors (Lipinski definition) is 4. The van der Waals surface area contributed by atoms with E-state index in [-0.39, 0.29) is 5.11 Å². The summed E-state index contributed by atoms with van der Waals surface area (Å²) in [5.41, 5.74) is 1.34. The van der Waals surface area contributed by atoms with Crippen LogP contribution in [0.4, 0.5) is 5.69 Å². The molecule has 3 N–H and O–H groups in total. The average molecular weight is 540 g/mol. The van der Waals surface area contributed by atoms with Gasteiger partial charge in [0.05, 0.1) is 12.7 Å². The fourth-order valence-corrected chi connectivity index (χ4v) is 3.11. The molecule has 2 aromatic carbocycles. The minimum Gasteiger partial charge on any atom is -0.465 e. The maximum absolute atomic E-state index is 12.5. The third-order valence-corrected chi connectivity index (χ3v) is 4.90. The lowest BCUT2D eigenvalue weighted by Crippen LogP contribution is -2.56. The number of nitrogens with one attached hydrogen (secondary N) is 3. The Morgan fingerprint density at radius 1 is 1.07 bits per heavy atom. The summed E-state index contributed by atoms with van der Waals surface area (Å²) in [6.45, 7) is 0. The predicted molar refractivity (Wildman–Crippen MR) is 123 cm³/mol. The molecule has 2 rings (SSSR count). The zero-order valence-corrected chi connectivity index (χ0v) is 19.5. The number of ether oxygens (including phenoxy) is 1. The SMILES string of the molecule is COC(=O)c1ccc(NC(=S)N[C@@H](NC(=O)c2cccc(Br)c2)C(Cl)(Cl)Cl)cc1. The molecule has 0 aliphatic rings. The third kappa shape index (κ3) is 7.31. The molecule has 11 heteroatoms. The molecule has 2 aromatic rings. The molecule has 0 spiro atoms. The Bertz CT molecular complexity index is 907. The first-order valence-electron chi connectivity index (χ1n) is 7.99. The Balaban J connectivity index is 2.05. The van der Waals surface area contributed by atoms with Crippen molar-refractivity contribution in [2.24, 2.45) is 0 Å². The molecule has 0 radical (unpaired) electrons. The topological polar surface area (TPSA) is 79.5 Å². The summed E-state index contributed by atoms with van der Waals surface area (Å²) in [7, 11) is 1.30. The van der Waals surface area contributed by atoms with E-state index in [1.165, 1.54) is 7.11 Å². The lowest BCUT2D eigenvalue weighted by molar-refractivity contribution is 0.0600. The number of benzene rings is 2. The molecule has 0 aliphatic heterocycles. The quantitative estimate of drug-likeness (QED) is 0.222. The Labute approximate surface area is 196 Å². The Kier molecular flexibility index (Phi) is 8.54. The first-order chi connectivity index (χ1) is 13.6. The van der Waals surface area contributed by atoms with Crippen LogP contribution >= 0.6 is 63.0 Å². The zero-order chi connectivity index (χ0) is 21.6. The van der Waals surface area contributed by atoms with E-state index in [0.29, 0.717) is 16.8 Å². The summed E-state index contributed by atoms with van der Waals surface area (Å²) in [5, 5.41) is 8.33. The number of methoxy groups -OCH3 is 1. The van der Waals surface area contributed by atoms with E-state index in [0.717, 1.165) is 4.47 Å². The summed E-state index contributed by atoms with van der Waals surface area (Å²) in [6, 6.07) is 13.1. The molecule has 0 unspecified atom stereocenters. The van der Waals surface area contributed by atoms with Gasteiger partial charge in [0, 0.05) is 15.7 Å². The number of esters is 1. The molecular formula is C18H15BrCl3N3O3S. The molecule has 29 heavy (non-hydrogen) atoms. The van der Waals surface area contributed by atoms with Crippen molar-refractivity contribution in [3.8, 4) is 0 Å². The van der Waals surface area contributed by atoms with Gasteiger partial charge in [-0.1, -0.05) is 56.8 Å². The monoisotopic (exact) mass is 537 g/mol. The number of thiocarbonyl (C=S) groups is 1. The summed E-state index contributed by atoms with van der Waals surface area (Å²) >= 11 is 26.5. The number of rotatable bonds is 5. The Morgan fingerprint density at radius 2 is 1.72 bits per heavy atom. The van der Waals surface area contributed by atoms with Crippen molar-refractivity contribution in [2.45, 2.75) is 9.96 Å². The maximum Gasteiger partial charge on any atom is 0.337 e. The van der Waals surface area contributed by atoms with Crippen LogP contribution in [0, 0.1) is 0 Å². The van der Waals surface area contributed by atoms with Crippen LogP contribution in [0.5, 0.6) is 0 Å². The number of amides is 1. The molecule has 0 heterocycles. The fraction of sp³-hybridized carbons (Fsp3) is 0.167. The highest BCUT2D eigenvalue weighted by Crippen LogP contribution is 2.29. The average Bonchev–Trinajstić information content (AvgIpc) is 2.66. The van der Waals surface area contributed by atoms with Crippen LogP contribution in [0.25, 0.3) is 0 Å². The fourth-order valence-electron chi connectivity index (χ4n) is 2.15. The number of hydrogen-bond donors (Lipinski definition) is 3. The second-order valence-electron chi connectivity index (χ2n) is 5.63. The minimum atomic E-state index is -1.89. The van der Waals surface area contributed by atoms with Gasteiger partial charge in [-0.15, -0.1) is 0 Å². The smallest absolute Gasteiger partial charge is 0.337 e. The predicted octanol–water partition coefficient (Wildman–Crippen LogP) is 4.65. The number of halogens is 4. The standard InChI is InChI=1S/C18H15BrCl3N3O3S/c1-28-15(27)10-5-7-13(8-6-10)23-17(29)25-16(18(20,21)22)24-14(26)11-3-2-4-12(19)9-11/h2-9,16H,1H3,(H,24,26)(H2,23,25,29)/t16-/m1/s1. The minimum absolute atomic E-state index is 0.0988. The second kappa shape index (κ2) is 10.4. The summed E-state index contributed by atoms with van der Waals surface area (Å²) < 4.78 is 3.49. The van der Waals surface area contributed by atoms with E-state index in [1.807, 2.05) is 0 Å². The molecule has 1 amide bonds. The molecule has 0 bridgehead atoms. The van der Waals surface area contributed by atoms with Crippen LogP contribution in [0.1, 0.15) is 20.7 Å². The van der Waals surface area contributed by atoms with Gasteiger partial charge in [-0.3, -0.25) is 4.79 Å². The molecule has 6 nitrogen and oxygen atoms in total. The summed E-state index contributed by atoms with van der Waals surface area (Å²) in [4.78, 5) is 23.9. The second-order valence-corrected chi connectivity index (χ2v) is 9.32. The number of carbonyl (C=O) groups is 2. The van der Waals surface area contributed by atoms with Gasteiger partial charge < -0.3 is 20.7 Å². The zero-order valence-electron chi connectivity index (χ0n) is 14.8. The lowest BCUT2D eigenvalue weighted by atomic mass is 10.2. The van der Waals surface area contributed by atoms with Crippen LogP contribution in [-0.2, 0) is 4.74 Å². The van der Waals surface area contributed by atoms with Crippen molar-refractivity contribution in [1.82, 2.24) is 10.6 Å². The van der Waals surface area contributed by atoms with Gasteiger partial charge in [0.15, 0.2) is 5.11 Å². The van der Waals surface area contributed by atoms with Crippen molar-refractivity contribution >= 4 is 85.6 Å². The highest BCUT2D eigenvalue weighted by molar-refractivity contribution is 9.10. The van der Waals surface area contributed by atoms with Crippen LogP contribution in [0.15, 0.2) is 53.0 Å². The molecule has 154 valence electrons. The molecule has 0 aliphatic carbocycles. The third-order valence-electron chi connectivity index (χ3n) is 3.53. The Morgan fingerprint density at radius 3 is 2.28 bits per heavy atom. The van der Waals surface area contributed by atoms with Gasteiger partial charge in [-0.2, -0.15) is 0 Å². The van der Waals surface area contributed by atoms with E-state index in [4.69, 9.17) is 47.0 Å². The first-order valence-corrected chi connectivity index (χ1v) is 10.3. The molecule has 1 atom stereocenters. The van der Waals surface area contributed by atoms with Gasteiger partial charge in [0.2, 0.25) is 3.79 Å². The number of carbonyl (C=O) groups excluding carboxylic acids is 2. The number of anilines is 1. The van der Waals surface area contributed by atoms with Crippen molar-refractivity contribution < 1.29 is 14.3 Å². The molecule has 0 fully saturated rings. The van der Waals surface area contributed by atoms with Gasteiger partial charge >= 0.3 is 5.97 Å². The van der Waals surface area contributed by atoms with Crippen LogP contribution < -0.4 is 16.0 Å². The van der Waals surface area contributed by atoms with Gasteiger partial charge in [-0.25, -0.2) is 4.79 Å². The van der Waals surface area contributed by atoms with Gasteiger partial charge in [-0.05, 0) is 54.7 Å². The lowest BCUT2D eigenvalue weighted by Gasteiger charge is -2.27. The van der Waals surface area contributed by atoms with E-state index in [9.17, 15) is 9.59 Å². The first kappa shape index (κ1) is 23.7. The highest BCUT2D eigenvalue weighted by Gasteiger charge is 2.35. The highest BCUT2D eigenvalue weighted by atomic mass is 79.9. The number of alkyl halides is 3. The van der Waals surface area contributed by atoms with E-state index in [1.54, 1.807) is 48.5 Å². The molecule has 0 saturated heterocycles. The van der Waals surface area contributed by atoms with E-state index < -0.39 is 21.8 Å². The van der Waals surface area contributed by atoms with E-state index >= 15 is 0 Å². The summed E-state index contributed by atoms with van der Waals surface area (Å²) in [5.74, 6) is -0.913. The van der Waals surface area contributed by atoms with Gasteiger partial charge in [0.25, 0.3) is 5.91 Å².